The molecule has 1 aliphatic rings. The maximum Gasteiger partial charge on any atom is 0.303 e. The van der Waals surface area contributed by atoms with Gasteiger partial charge in [-0.05, 0) is 30.9 Å². The van der Waals surface area contributed by atoms with Crippen molar-refractivity contribution in [2.45, 2.75) is 38.2 Å². The fourth-order valence-electron chi connectivity index (χ4n) is 1.59. The normalized spacial score (nSPS) is 20.4. The minimum Gasteiger partial charge on any atom is -0.481 e. The Bertz CT molecular complexity index is 328. The number of unbranched alkanes of at least 4 members (excludes halogenated alkanes) is 1. The number of ketones is 1. The van der Waals surface area contributed by atoms with Crippen LogP contribution in [0.4, 0.5) is 0 Å². The van der Waals surface area contributed by atoms with Gasteiger partial charge in [-0.3, -0.25) is 9.59 Å². The minimum atomic E-state index is -0.787. The van der Waals surface area contributed by atoms with Crippen LogP contribution in [-0.4, -0.2) is 28.1 Å². The predicted molar refractivity (Wildman–Crippen MR) is 59.0 cm³/mol. The monoisotopic (exact) mass is 224 g/mol. The first-order valence-electron chi connectivity index (χ1n) is 5.38. The highest BCUT2D eigenvalue weighted by atomic mass is 16.4. The number of carboxylic acids is 1. The Balaban J connectivity index is 2.19. The summed E-state index contributed by atoms with van der Waals surface area (Å²) in [6.45, 7) is 0. The van der Waals surface area contributed by atoms with Crippen LogP contribution in [0.3, 0.4) is 0 Å². The highest BCUT2D eigenvalue weighted by Gasteiger charge is 2.20. The molecule has 0 spiro atoms. The van der Waals surface area contributed by atoms with Crippen molar-refractivity contribution in [3.63, 3.8) is 0 Å². The molecular weight excluding hydrogens is 208 g/mol. The SMILES string of the molecule is O=C(O)CCC/C=C\CC1=C[C@@H](O)CC1=O. The lowest BCUT2D eigenvalue weighted by Gasteiger charge is -1.94. The van der Waals surface area contributed by atoms with Crippen LogP contribution < -0.4 is 0 Å². The molecule has 88 valence electrons. The molecule has 1 aliphatic carbocycles. The maximum atomic E-state index is 11.3. The van der Waals surface area contributed by atoms with E-state index in [1.54, 1.807) is 6.08 Å². The summed E-state index contributed by atoms with van der Waals surface area (Å²) < 4.78 is 0. The lowest BCUT2D eigenvalue weighted by Crippen LogP contribution is -2.00. The summed E-state index contributed by atoms with van der Waals surface area (Å²) in [5, 5.41) is 17.6. The molecule has 0 aromatic carbocycles. The second-order valence-corrected chi connectivity index (χ2v) is 3.85. The van der Waals surface area contributed by atoms with Crippen molar-refractivity contribution in [3.05, 3.63) is 23.8 Å². The van der Waals surface area contributed by atoms with Gasteiger partial charge in [0.05, 0.1) is 6.10 Å². The Morgan fingerprint density at radius 2 is 2.25 bits per heavy atom. The number of allylic oxidation sites excluding steroid dienone is 3. The summed E-state index contributed by atoms with van der Waals surface area (Å²) >= 11 is 0. The Labute approximate surface area is 94.3 Å². The number of hydrogen-bond acceptors (Lipinski definition) is 3. The fraction of sp³-hybridized carbons (Fsp3) is 0.500. The van der Waals surface area contributed by atoms with Gasteiger partial charge in [0.1, 0.15) is 0 Å². The Morgan fingerprint density at radius 1 is 1.50 bits per heavy atom. The molecule has 0 aromatic heterocycles. The van der Waals surface area contributed by atoms with E-state index in [0.29, 0.717) is 24.8 Å². The third-order valence-electron chi connectivity index (χ3n) is 2.41. The van der Waals surface area contributed by atoms with Crippen molar-refractivity contribution < 1.29 is 19.8 Å². The molecule has 0 aromatic rings. The van der Waals surface area contributed by atoms with E-state index < -0.39 is 12.1 Å². The van der Waals surface area contributed by atoms with Crippen molar-refractivity contribution in [3.8, 4) is 0 Å². The second-order valence-electron chi connectivity index (χ2n) is 3.85. The lowest BCUT2D eigenvalue weighted by atomic mass is 10.1. The number of aliphatic hydroxyl groups excluding tert-OH is 1. The van der Waals surface area contributed by atoms with Crippen molar-refractivity contribution >= 4 is 11.8 Å². The van der Waals surface area contributed by atoms with E-state index in [1.165, 1.54) is 0 Å². The van der Waals surface area contributed by atoms with Gasteiger partial charge in [0.15, 0.2) is 5.78 Å². The van der Waals surface area contributed by atoms with Gasteiger partial charge in [-0.2, -0.15) is 0 Å². The summed E-state index contributed by atoms with van der Waals surface area (Å²) in [5.41, 5.74) is 0.655. The van der Waals surface area contributed by atoms with Crippen LogP contribution in [0, 0.1) is 0 Å². The number of hydrogen-bond donors (Lipinski definition) is 2. The molecule has 0 saturated heterocycles. The first kappa shape index (κ1) is 12.6. The molecule has 0 fully saturated rings. The van der Waals surface area contributed by atoms with Crippen LogP contribution in [0.2, 0.25) is 0 Å². The number of rotatable bonds is 6. The quantitative estimate of drug-likeness (QED) is 0.529. The van der Waals surface area contributed by atoms with Crippen molar-refractivity contribution in [1.82, 2.24) is 0 Å². The molecule has 2 N–H and O–H groups in total. The minimum absolute atomic E-state index is 0.00249. The zero-order valence-electron chi connectivity index (χ0n) is 9.06. The van der Waals surface area contributed by atoms with E-state index >= 15 is 0 Å². The molecular formula is C12H16O4. The average molecular weight is 224 g/mol. The molecule has 4 heteroatoms. The van der Waals surface area contributed by atoms with Crippen LogP contribution in [0.5, 0.6) is 0 Å². The molecule has 0 saturated carbocycles. The zero-order chi connectivity index (χ0) is 12.0. The molecule has 0 bridgehead atoms. The van der Waals surface area contributed by atoms with E-state index in [9.17, 15) is 14.7 Å². The number of aliphatic carboxylic acids is 1. The van der Waals surface area contributed by atoms with Crippen molar-refractivity contribution in [2.24, 2.45) is 0 Å². The smallest absolute Gasteiger partial charge is 0.303 e. The molecule has 4 nitrogen and oxygen atoms in total. The van der Waals surface area contributed by atoms with Gasteiger partial charge in [-0.1, -0.05) is 12.2 Å². The molecule has 0 radical (unpaired) electrons. The van der Waals surface area contributed by atoms with E-state index in [0.717, 1.165) is 0 Å². The first-order chi connectivity index (χ1) is 7.59. The summed E-state index contributed by atoms with van der Waals surface area (Å²) in [5.74, 6) is -0.784. The highest BCUT2D eigenvalue weighted by Crippen LogP contribution is 2.18. The second kappa shape index (κ2) is 6.23. The maximum absolute atomic E-state index is 11.3. The topological polar surface area (TPSA) is 74.6 Å². The largest absolute Gasteiger partial charge is 0.481 e. The summed E-state index contributed by atoms with van der Waals surface area (Å²) in [4.78, 5) is 21.5. The summed E-state index contributed by atoms with van der Waals surface area (Å²) in [7, 11) is 0. The molecule has 16 heavy (non-hydrogen) atoms. The van der Waals surface area contributed by atoms with E-state index in [1.807, 2.05) is 12.2 Å². The first-order valence-corrected chi connectivity index (χ1v) is 5.38. The molecule has 0 amide bonds. The van der Waals surface area contributed by atoms with Gasteiger partial charge in [-0.25, -0.2) is 0 Å². The Morgan fingerprint density at radius 3 is 2.81 bits per heavy atom. The number of carbonyl (C=O) groups is 2. The van der Waals surface area contributed by atoms with Crippen molar-refractivity contribution in [1.29, 1.82) is 0 Å². The van der Waals surface area contributed by atoms with Crippen LogP contribution >= 0.6 is 0 Å². The molecule has 0 aliphatic heterocycles. The fourth-order valence-corrected chi connectivity index (χ4v) is 1.59. The van der Waals surface area contributed by atoms with Crippen LogP contribution in [0.25, 0.3) is 0 Å². The third kappa shape index (κ3) is 4.40. The summed E-state index contributed by atoms with van der Waals surface area (Å²) in [6, 6.07) is 0. The standard InChI is InChI=1S/C12H16O4/c13-10-7-9(11(14)8-10)5-3-1-2-4-6-12(15)16/h1,3,7,10,13H,2,4-6,8H2,(H,15,16)/b3-1-/t10-/m1/s1. The Hall–Kier alpha value is -1.42. The van der Waals surface area contributed by atoms with Gasteiger partial charge >= 0.3 is 5.97 Å². The molecule has 1 rings (SSSR count). The molecule has 0 heterocycles. The van der Waals surface area contributed by atoms with Gasteiger partial charge in [-0.15, -0.1) is 0 Å². The van der Waals surface area contributed by atoms with Gasteiger partial charge in [0, 0.05) is 12.8 Å². The molecule has 0 unspecified atom stereocenters. The number of Topliss-reactive ketones (excluding diaryl/α,β-unsaturated/α-hetero) is 1. The highest BCUT2D eigenvalue weighted by molar-refractivity contribution is 5.98. The van der Waals surface area contributed by atoms with Crippen LogP contribution in [0.1, 0.15) is 32.1 Å². The number of carboxylic acid groups (broad SMARTS) is 1. The van der Waals surface area contributed by atoms with Crippen LogP contribution in [-0.2, 0) is 9.59 Å². The predicted octanol–water partition coefficient (Wildman–Crippen LogP) is 1.45. The average Bonchev–Trinajstić information content (AvgIpc) is 2.50. The zero-order valence-corrected chi connectivity index (χ0v) is 9.06. The van der Waals surface area contributed by atoms with Crippen molar-refractivity contribution in [2.75, 3.05) is 0 Å². The van der Waals surface area contributed by atoms with Gasteiger partial charge < -0.3 is 10.2 Å². The third-order valence-corrected chi connectivity index (χ3v) is 2.41. The van der Waals surface area contributed by atoms with E-state index in [2.05, 4.69) is 0 Å². The van der Waals surface area contributed by atoms with E-state index in [-0.39, 0.29) is 18.6 Å². The van der Waals surface area contributed by atoms with Gasteiger partial charge in [0.25, 0.3) is 0 Å². The summed E-state index contributed by atoms with van der Waals surface area (Å²) in [6.07, 6.45) is 6.91. The lowest BCUT2D eigenvalue weighted by molar-refractivity contribution is -0.137. The number of aliphatic hydroxyl groups is 1. The van der Waals surface area contributed by atoms with E-state index in [4.69, 9.17) is 5.11 Å². The molecule has 1 atom stereocenters. The van der Waals surface area contributed by atoms with Gasteiger partial charge in [0.2, 0.25) is 0 Å². The number of carbonyl (C=O) groups excluding carboxylic acids is 1. The van der Waals surface area contributed by atoms with Crippen LogP contribution in [0.15, 0.2) is 23.8 Å². The Kier molecular flexibility index (Phi) is 4.92.